The van der Waals surface area contributed by atoms with E-state index < -0.39 is 12.1 Å². The monoisotopic (exact) mass is 293 g/mol. The standard InChI is InChI=1S/C14H8F2O5/c15-14(16,13(17)18)21-8-5-6-11-12(7-8)20-10-4-2-1-3-9(10)19-11/h1-7H,(H,17,18)/p-1. The van der Waals surface area contributed by atoms with Crippen molar-refractivity contribution in [1.29, 1.82) is 0 Å². The fourth-order valence-corrected chi connectivity index (χ4v) is 1.76. The minimum atomic E-state index is -4.43. The van der Waals surface area contributed by atoms with Crippen LogP contribution < -0.4 is 19.3 Å². The lowest BCUT2D eigenvalue weighted by Gasteiger charge is -2.22. The number of carbonyl (C=O) groups is 1. The van der Waals surface area contributed by atoms with Crippen LogP contribution in [0.2, 0.25) is 0 Å². The third-order valence-corrected chi connectivity index (χ3v) is 2.69. The molecule has 0 unspecified atom stereocenters. The minimum absolute atomic E-state index is 0.139. The van der Waals surface area contributed by atoms with Crippen LogP contribution in [-0.2, 0) is 4.79 Å². The Morgan fingerprint density at radius 2 is 1.57 bits per heavy atom. The molecule has 1 heterocycles. The van der Waals surface area contributed by atoms with Crippen LogP contribution in [0.25, 0.3) is 0 Å². The summed E-state index contributed by atoms with van der Waals surface area (Å²) >= 11 is 0. The second-order valence-electron chi connectivity index (χ2n) is 4.17. The predicted octanol–water partition coefficient (Wildman–Crippen LogP) is 2.31. The van der Waals surface area contributed by atoms with E-state index in [-0.39, 0.29) is 11.5 Å². The number of fused-ring (bicyclic) bond motifs is 2. The lowest BCUT2D eigenvalue weighted by Crippen LogP contribution is -2.45. The van der Waals surface area contributed by atoms with Crippen molar-refractivity contribution in [2.45, 2.75) is 6.11 Å². The maximum absolute atomic E-state index is 12.9. The number of ether oxygens (including phenoxy) is 3. The summed E-state index contributed by atoms with van der Waals surface area (Å²) in [6, 6.07) is 10.4. The number of carboxylic acids is 1. The molecule has 0 aliphatic carbocycles. The highest BCUT2D eigenvalue weighted by Gasteiger charge is 2.34. The molecule has 1 aliphatic rings. The molecule has 0 aromatic heterocycles. The molecule has 0 N–H and O–H groups in total. The van der Waals surface area contributed by atoms with Crippen molar-refractivity contribution in [2.75, 3.05) is 0 Å². The molecule has 3 rings (SSSR count). The zero-order valence-electron chi connectivity index (χ0n) is 10.3. The van der Waals surface area contributed by atoms with Crippen molar-refractivity contribution < 1.29 is 32.9 Å². The van der Waals surface area contributed by atoms with E-state index in [1.165, 1.54) is 6.07 Å². The molecule has 0 amide bonds. The average Bonchev–Trinajstić information content (AvgIpc) is 2.44. The first-order valence-electron chi connectivity index (χ1n) is 5.83. The van der Waals surface area contributed by atoms with E-state index in [4.69, 9.17) is 9.47 Å². The fourth-order valence-electron chi connectivity index (χ4n) is 1.76. The first-order valence-corrected chi connectivity index (χ1v) is 5.83. The number of benzene rings is 2. The Balaban J connectivity index is 1.89. The maximum atomic E-state index is 12.9. The summed E-state index contributed by atoms with van der Waals surface area (Å²) in [7, 11) is 0. The summed E-state index contributed by atoms with van der Waals surface area (Å²) in [5, 5.41) is 10.2. The quantitative estimate of drug-likeness (QED) is 0.741. The van der Waals surface area contributed by atoms with Crippen molar-refractivity contribution in [3.63, 3.8) is 0 Å². The molecule has 21 heavy (non-hydrogen) atoms. The third-order valence-electron chi connectivity index (χ3n) is 2.69. The average molecular weight is 293 g/mol. The molecule has 0 fully saturated rings. The van der Waals surface area contributed by atoms with Crippen molar-refractivity contribution >= 4 is 5.97 Å². The number of alkyl halides is 2. The van der Waals surface area contributed by atoms with Gasteiger partial charge in [0.1, 0.15) is 5.75 Å². The van der Waals surface area contributed by atoms with Gasteiger partial charge in [0, 0.05) is 6.07 Å². The van der Waals surface area contributed by atoms with Crippen LogP contribution in [0.5, 0.6) is 28.7 Å². The molecule has 0 saturated carbocycles. The van der Waals surface area contributed by atoms with Crippen molar-refractivity contribution in [3.05, 3.63) is 42.5 Å². The molecular formula is C14H7F2O5-. The molecular weight excluding hydrogens is 286 g/mol. The number of aliphatic carboxylic acids is 1. The van der Waals surface area contributed by atoms with Crippen LogP contribution in [0.4, 0.5) is 8.78 Å². The zero-order valence-corrected chi connectivity index (χ0v) is 10.3. The largest absolute Gasteiger partial charge is 0.541 e. The number of halogens is 2. The first kappa shape index (κ1) is 13.2. The molecule has 5 nitrogen and oxygen atoms in total. The van der Waals surface area contributed by atoms with E-state index in [0.717, 1.165) is 12.1 Å². The molecule has 1 aliphatic heterocycles. The summed E-state index contributed by atoms with van der Waals surface area (Å²) in [4.78, 5) is 10.2. The van der Waals surface area contributed by atoms with Gasteiger partial charge >= 0.3 is 6.11 Å². The minimum Gasteiger partial charge on any atom is -0.541 e. The molecule has 0 atom stereocenters. The summed E-state index contributed by atoms with van der Waals surface area (Å²) in [6.07, 6.45) is -4.43. The second-order valence-corrected chi connectivity index (χ2v) is 4.17. The number of rotatable bonds is 3. The highest BCUT2D eigenvalue weighted by Crippen LogP contribution is 2.46. The van der Waals surface area contributed by atoms with Crippen LogP contribution in [0.15, 0.2) is 42.5 Å². The summed E-state index contributed by atoms with van der Waals surface area (Å²) in [5.41, 5.74) is 0. The molecule has 0 bridgehead atoms. The summed E-state index contributed by atoms with van der Waals surface area (Å²) < 4.78 is 41.0. The van der Waals surface area contributed by atoms with Crippen molar-refractivity contribution in [3.8, 4) is 28.7 Å². The Bertz CT molecular complexity index is 714. The van der Waals surface area contributed by atoms with Gasteiger partial charge in [-0.25, -0.2) is 0 Å². The predicted molar refractivity (Wildman–Crippen MR) is 63.6 cm³/mol. The van der Waals surface area contributed by atoms with Gasteiger partial charge in [-0.15, -0.1) is 0 Å². The Hall–Kier alpha value is -2.83. The molecule has 108 valence electrons. The Kier molecular flexibility index (Phi) is 2.90. The van der Waals surface area contributed by atoms with Crippen molar-refractivity contribution in [1.82, 2.24) is 0 Å². The molecule has 0 saturated heterocycles. The Labute approximate surface area is 117 Å². The van der Waals surface area contributed by atoms with E-state index in [9.17, 15) is 18.7 Å². The molecule has 0 radical (unpaired) electrons. The highest BCUT2D eigenvalue weighted by molar-refractivity contribution is 5.71. The van der Waals surface area contributed by atoms with Gasteiger partial charge in [-0.05, 0) is 24.3 Å². The van der Waals surface area contributed by atoms with Gasteiger partial charge in [-0.3, -0.25) is 0 Å². The zero-order chi connectivity index (χ0) is 15.0. The van der Waals surface area contributed by atoms with Crippen molar-refractivity contribution in [2.24, 2.45) is 0 Å². The smallest absolute Gasteiger partial charge is 0.441 e. The van der Waals surface area contributed by atoms with Gasteiger partial charge < -0.3 is 24.1 Å². The Morgan fingerprint density at radius 3 is 2.19 bits per heavy atom. The van der Waals surface area contributed by atoms with E-state index in [1.54, 1.807) is 24.3 Å². The van der Waals surface area contributed by atoms with E-state index in [0.29, 0.717) is 17.2 Å². The summed E-state index contributed by atoms with van der Waals surface area (Å²) in [5.74, 6) is -1.67. The fraction of sp³-hybridized carbons (Fsp3) is 0.0714. The van der Waals surface area contributed by atoms with Gasteiger partial charge in [0.05, 0.1) is 0 Å². The second kappa shape index (κ2) is 4.62. The normalized spacial score (nSPS) is 12.5. The van der Waals surface area contributed by atoms with Crippen LogP contribution >= 0.6 is 0 Å². The number of carbonyl (C=O) groups excluding carboxylic acids is 1. The lowest BCUT2D eigenvalue weighted by atomic mass is 10.2. The molecule has 2 aromatic rings. The van der Waals surface area contributed by atoms with Gasteiger partial charge in [-0.1, -0.05) is 12.1 Å². The number of hydrogen-bond donors (Lipinski definition) is 0. The highest BCUT2D eigenvalue weighted by atomic mass is 19.3. The third kappa shape index (κ3) is 2.45. The number of para-hydroxylation sites is 2. The lowest BCUT2D eigenvalue weighted by molar-refractivity contribution is -0.350. The van der Waals surface area contributed by atoms with Gasteiger partial charge in [0.15, 0.2) is 29.0 Å². The number of carboxylic acid groups (broad SMARTS) is 1. The van der Waals surface area contributed by atoms with E-state index in [1.807, 2.05) is 0 Å². The maximum Gasteiger partial charge on any atom is 0.441 e. The molecule has 0 spiro atoms. The van der Waals surface area contributed by atoms with Crippen LogP contribution in [0.1, 0.15) is 0 Å². The topological polar surface area (TPSA) is 67.8 Å². The number of hydrogen-bond acceptors (Lipinski definition) is 5. The SMILES string of the molecule is O=C([O-])C(F)(F)Oc1ccc2c(c1)Oc1ccccc1O2. The van der Waals surface area contributed by atoms with Crippen LogP contribution in [0.3, 0.4) is 0 Å². The van der Waals surface area contributed by atoms with Gasteiger partial charge in [-0.2, -0.15) is 8.78 Å². The van der Waals surface area contributed by atoms with E-state index >= 15 is 0 Å². The van der Waals surface area contributed by atoms with Gasteiger partial charge in [0.25, 0.3) is 0 Å². The van der Waals surface area contributed by atoms with Crippen LogP contribution in [-0.4, -0.2) is 12.1 Å². The summed E-state index contributed by atoms with van der Waals surface area (Å²) in [6.45, 7) is 0. The first-order chi connectivity index (χ1) is 9.95. The van der Waals surface area contributed by atoms with E-state index in [2.05, 4.69) is 4.74 Å². The Morgan fingerprint density at radius 1 is 1.00 bits per heavy atom. The van der Waals surface area contributed by atoms with Crippen LogP contribution in [0, 0.1) is 0 Å². The van der Waals surface area contributed by atoms with Gasteiger partial charge in [0.2, 0.25) is 0 Å². The molecule has 7 heteroatoms. The molecule has 2 aromatic carbocycles.